The molecule has 1 aliphatic heterocycles. The summed E-state index contributed by atoms with van der Waals surface area (Å²) in [5, 5.41) is 18.2. The Kier molecular flexibility index (Phi) is 4.14. The van der Waals surface area contributed by atoms with Gasteiger partial charge in [0.25, 0.3) is 0 Å². The van der Waals surface area contributed by atoms with Crippen molar-refractivity contribution < 1.29 is 9.90 Å². The summed E-state index contributed by atoms with van der Waals surface area (Å²) in [5.41, 5.74) is 8.21. The molecule has 0 atom stereocenters. The Labute approximate surface area is 135 Å². The molecule has 2 aromatic rings. The second-order valence-corrected chi connectivity index (χ2v) is 5.87. The van der Waals surface area contributed by atoms with E-state index in [4.69, 9.17) is 5.73 Å². The Hall–Kier alpha value is -2.63. The van der Waals surface area contributed by atoms with Crippen molar-refractivity contribution in [2.24, 2.45) is 0 Å². The minimum atomic E-state index is 0.110. The maximum atomic E-state index is 11.4. The lowest BCUT2D eigenvalue weighted by molar-refractivity contribution is -0.129. The number of aromatic nitrogens is 2. The first kappa shape index (κ1) is 15.3. The second-order valence-electron chi connectivity index (χ2n) is 5.87. The van der Waals surface area contributed by atoms with Crippen LogP contribution in [0, 0.1) is 0 Å². The van der Waals surface area contributed by atoms with Gasteiger partial charge in [0.2, 0.25) is 5.91 Å². The number of anilines is 1. The van der Waals surface area contributed by atoms with Gasteiger partial charge >= 0.3 is 0 Å². The maximum Gasteiger partial charge on any atom is 0.219 e. The molecule has 1 aromatic carbocycles. The van der Waals surface area contributed by atoms with Crippen LogP contribution < -0.4 is 5.73 Å². The van der Waals surface area contributed by atoms with E-state index in [1.165, 1.54) is 0 Å². The van der Waals surface area contributed by atoms with E-state index in [2.05, 4.69) is 10.2 Å². The van der Waals surface area contributed by atoms with Crippen LogP contribution in [0.2, 0.25) is 0 Å². The topological polar surface area (TPSA) is 92.3 Å². The molecule has 0 unspecified atom stereocenters. The molecule has 1 saturated heterocycles. The SMILES string of the molecule is CC(=O)N1CCC(c2cc(-c3ccccc3O)nnc2N)CC1. The summed E-state index contributed by atoms with van der Waals surface area (Å²) in [6.45, 7) is 3.06. The third kappa shape index (κ3) is 3.11. The first-order valence-electron chi connectivity index (χ1n) is 7.73. The van der Waals surface area contributed by atoms with Crippen molar-refractivity contribution in [2.45, 2.75) is 25.7 Å². The van der Waals surface area contributed by atoms with E-state index in [0.717, 1.165) is 31.5 Å². The van der Waals surface area contributed by atoms with Gasteiger partial charge in [-0.1, -0.05) is 12.1 Å². The van der Waals surface area contributed by atoms with Crippen LogP contribution in [-0.2, 0) is 4.79 Å². The van der Waals surface area contributed by atoms with Crippen molar-refractivity contribution in [3.8, 4) is 17.0 Å². The number of phenols is 1. The quantitative estimate of drug-likeness (QED) is 0.886. The van der Waals surface area contributed by atoms with Crippen LogP contribution >= 0.6 is 0 Å². The minimum absolute atomic E-state index is 0.110. The Morgan fingerprint density at radius 2 is 1.96 bits per heavy atom. The van der Waals surface area contributed by atoms with Gasteiger partial charge in [-0.25, -0.2) is 0 Å². The van der Waals surface area contributed by atoms with Crippen molar-refractivity contribution in [2.75, 3.05) is 18.8 Å². The number of benzene rings is 1. The number of carbonyl (C=O) groups excluding carboxylic acids is 1. The molecular formula is C17H20N4O2. The summed E-state index contributed by atoms with van der Waals surface area (Å²) in [4.78, 5) is 13.3. The molecule has 0 spiro atoms. The lowest BCUT2D eigenvalue weighted by Gasteiger charge is -2.31. The third-order valence-corrected chi connectivity index (χ3v) is 4.41. The average molecular weight is 312 g/mol. The van der Waals surface area contributed by atoms with E-state index in [0.29, 0.717) is 17.1 Å². The number of nitrogen functional groups attached to an aromatic ring is 1. The number of para-hydroxylation sites is 1. The zero-order valence-electron chi connectivity index (χ0n) is 13.1. The highest BCUT2D eigenvalue weighted by Crippen LogP contribution is 2.34. The molecule has 1 fully saturated rings. The van der Waals surface area contributed by atoms with Crippen LogP contribution in [0.25, 0.3) is 11.3 Å². The van der Waals surface area contributed by atoms with Crippen LogP contribution in [0.1, 0.15) is 31.2 Å². The molecule has 120 valence electrons. The molecule has 6 heteroatoms. The summed E-state index contributed by atoms with van der Waals surface area (Å²) < 4.78 is 0. The number of aromatic hydroxyl groups is 1. The van der Waals surface area contributed by atoms with E-state index >= 15 is 0 Å². The van der Waals surface area contributed by atoms with Crippen molar-refractivity contribution in [3.63, 3.8) is 0 Å². The van der Waals surface area contributed by atoms with Gasteiger partial charge < -0.3 is 15.7 Å². The number of phenolic OH excluding ortho intramolecular Hbond substituents is 1. The standard InChI is InChI=1S/C17H20N4O2/c1-11(22)21-8-6-12(7-9-21)14-10-15(19-20-17(14)18)13-4-2-3-5-16(13)23/h2-5,10,12,23H,6-9H2,1H3,(H2,18,20). The fourth-order valence-electron chi connectivity index (χ4n) is 3.07. The zero-order chi connectivity index (χ0) is 16.4. The number of rotatable bonds is 2. The smallest absolute Gasteiger partial charge is 0.219 e. The van der Waals surface area contributed by atoms with E-state index in [1.807, 2.05) is 17.0 Å². The van der Waals surface area contributed by atoms with Crippen molar-refractivity contribution in [3.05, 3.63) is 35.9 Å². The van der Waals surface area contributed by atoms with E-state index < -0.39 is 0 Å². The van der Waals surface area contributed by atoms with Crippen LogP contribution in [0.15, 0.2) is 30.3 Å². The number of carbonyl (C=O) groups is 1. The Morgan fingerprint density at radius 3 is 2.61 bits per heavy atom. The highest BCUT2D eigenvalue weighted by molar-refractivity contribution is 5.73. The molecule has 1 aromatic heterocycles. The monoisotopic (exact) mass is 312 g/mol. The van der Waals surface area contributed by atoms with Crippen LogP contribution in [0.3, 0.4) is 0 Å². The molecule has 23 heavy (non-hydrogen) atoms. The highest BCUT2D eigenvalue weighted by atomic mass is 16.3. The Bertz CT molecular complexity index is 724. The van der Waals surface area contributed by atoms with Crippen molar-refractivity contribution in [1.82, 2.24) is 15.1 Å². The first-order valence-corrected chi connectivity index (χ1v) is 7.73. The number of piperidine rings is 1. The fourth-order valence-corrected chi connectivity index (χ4v) is 3.07. The Balaban J connectivity index is 1.88. The largest absolute Gasteiger partial charge is 0.507 e. The molecule has 0 saturated carbocycles. The fraction of sp³-hybridized carbons (Fsp3) is 0.353. The predicted molar refractivity (Wildman–Crippen MR) is 87.8 cm³/mol. The van der Waals surface area contributed by atoms with E-state index in [9.17, 15) is 9.90 Å². The normalized spacial score (nSPS) is 15.6. The van der Waals surface area contributed by atoms with Crippen LogP contribution in [0.5, 0.6) is 5.75 Å². The highest BCUT2D eigenvalue weighted by Gasteiger charge is 2.24. The molecule has 0 radical (unpaired) electrons. The summed E-state index contributed by atoms with van der Waals surface area (Å²) in [6.07, 6.45) is 1.71. The third-order valence-electron chi connectivity index (χ3n) is 4.41. The summed E-state index contributed by atoms with van der Waals surface area (Å²) in [6, 6.07) is 8.95. The van der Waals surface area contributed by atoms with Crippen LogP contribution in [-0.4, -0.2) is 39.2 Å². The summed E-state index contributed by atoms with van der Waals surface area (Å²) in [7, 11) is 0. The molecule has 3 rings (SSSR count). The van der Waals surface area contributed by atoms with Gasteiger partial charge in [0.1, 0.15) is 11.6 Å². The lowest BCUT2D eigenvalue weighted by atomic mass is 9.89. The summed E-state index contributed by atoms with van der Waals surface area (Å²) in [5.74, 6) is 0.958. The number of likely N-dealkylation sites (tertiary alicyclic amines) is 1. The number of nitrogens with two attached hydrogens (primary N) is 1. The van der Waals surface area contributed by atoms with Gasteiger partial charge in [-0.3, -0.25) is 4.79 Å². The minimum Gasteiger partial charge on any atom is -0.507 e. The van der Waals surface area contributed by atoms with Gasteiger partial charge in [0.05, 0.1) is 5.69 Å². The average Bonchev–Trinajstić information content (AvgIpc) is 2.56. The molecule has 0 aliphatic carbocycles. The van der Waals surface area contributed by atoms with Gasteiger partial charge in [-0.15, -0.1) is 10.2 Å². The molecule has 1 aliphatic rings. The van der Waals surface area contributed by atoms with Gasteiger partial charge in [-0.05, 0) is 37.0 Å². The number of amides is 1. The van der Waals surface area contributed by atoms with Crippen molar-refractivity contribution in [1.29, 1.82) is 0 Å². The number of hydrogen-bond acceptors (Lipinski definition) is 5. The molecule has 2 heterocycles. The predicted octanol–water partition coefficient (Wildman–Crippen LogP) is 2.16. The molecule has 6 nitrogen and oxygen atoms in total. The van der Waals surface area contributed by atoms with Crippen LogP contribution in [0.4, 0.5) is 5.82 Å². The van der Waals surface area contributed by atoms with E-state index in [-0.39, 0.29) is 17.6 Å². The molecule has 3 N–H and O–H groups in total. The number of hydrogen-bond donors (Lipinski definition) is 2. The molecule has 0 bridgehead atoms. The zero-order valence-corrected chi connectivity index (χ0v) is 13.1. The lowest BCUT2D eigenvalue weighted by Crippen LogP contribution is -2.36. The maximum absolute atomic E-state index is 11.4. The Morgan fingerprint density at radius 1 is 1.26 bits per heavy atom. The van der Waals surface area contributed by atoms with Crippen molar-refractivity contribution >= 4 is 11.7 Å². The second kappa shape index (κ2) is 6.24. The number of nitrogens with zero attached hydrogens (tertiary/aromatic N) is 3. The first-order chi connectivity index (χ1) is 11.1. The summed E-state index contributed by atoms with van der Waals surface area (Å²) >= 11 is 0. The molecular weight excluding hydrogens is 292 g/mol. The van der Waals surface area contributed by atoms with E-state index in [1.54, 1.807) is 25.1 Å². The van der Waals surface area contributed by atoms with Gasteiger partial charge in [0.15, 0.2) is 0 Å². The molecule has 1 amide bonds. The van der Waals surface area contributed by atoms with Gasteiger partial charge in [-0.2, -0.15) is 0 Å². The van der Waals surface area contributed by atoms with Gasteiger partial charge in [0, 0.05) is 31.1 Å².